The van der Waals surface area contributed by atoms with Gasteiger partial charge in [0.25, 0.3) is 0 Å². The van der Waals surface area contributed by atoms with E-state index in [1.165, 1.54) is 0 Å². The first-order valence-corrected chi connectivity index (χ1v) is 5.54. The Labute approximate surface area is 103 Å². The van der Waals surface area contributed by atoms with Gasteiger partial charge < -0.3 is 10.1 Å². The third kappa shape index (κ3) is 2.45. The minimum Gasteiger partial charge on any atom is -0.478 e. The van der Waals surface area contributed by atoms with Crippen LogP contribution in [0.25, 0.3) is 11.0 Å². The summed E-state index contributed by atoms with van der Waals surface area (Å²) in [7, 11) is 0. The number of nitrogens with zero attached hydrogens (tertiary/aromatic N) is 1. The number of carbonyl (C=O) groups excluding carboxylic acids is 1. The highest BCUT2D eigenvalue weighted by Crippen LogP contribution is 2.14. The molecule has 2 rings (SSSR count). The van der Waals surface area contributed by atoms with Gasteiger partial charge in [0.05, 0.1) is 11.0 Å². The van der Waals surface area contributed by atoms with Crippen molar-refractivity contribution in [3.8, 4) is 0 Å². The molecule has 0 radical (unpaired) electrons. The summed E-state index contributed by atoms with van der Waals surface area (Å²) in [5.41, 5.74) is 2.01. The topological polar surface area (TPSA) is 83.1 Å². The van der Waals surface area contributed by atoms with Crippen molar-refractivity contribution >= 4 is 22.8 Å². The van der Waals surface area contributed by atoms with Crippen LogP contribution in [0.2, 0.25) is 0 Å². The first-order chi connectivity index (χ1) is 8.60. The molecular weight excluding hydrogens is 232 g/mol. The molecule has 0 aliphatic rings. The van der Waals surface area contributed by atoms with Gasteiger partial charge in [0.1, 0.15) is 5.82 Å². The molecular formula is C13H12N2O3. The number of carboxylic acids is 1. The van der Waals surface area contributed by atoms with Crippen molar-refractivity contribution in [1.29, 1.82) is 0 Å². The smallest absolute Gasteiger partial charge is 0.328 e. The summed E-state index contributed by atoms with van der Waals surface area (Å²) in [5.74, 6) is -0.623. The van der Waals surface area contributed by atoms with Crippen molar-refractivity contribution in [3.63, 3.8) is 0 Å². The third-order valence-electron chi connectivity index (χ3n) is 2.53. The second kappa shape index (κ2) is 4.83. The van der Waals surface area contributed by atoms with Crippen LogP contribution >= 0.6 is 0 Å². The van der Waals surface area contributed by atoms with Crippen LogP contribution in [0.15, 0.2) is 30.4 Å². The third-order valence-corrected chi connectivity index (χ3v) is 2.53. The zero-order valence-corrected chi connectivity index (χ0v) is 9.80. The highest BCUT2D eigenvalue weighted by molar-refractivity contribution is 6.08. The predicted octanol–water partition coefficient (Wildman–Crippen LogP) is 1.95. The molecule has 0 saturated heterocycles. The number of fused-ring (bicyclic) bond motifs is 1. The maximum Gasteiger partial charge on any atom is 0.328 e. The lowest BCUT2D eigenvalue weighted by atomic mass is 10.1. The number of imidazole rings is 1. The molecule has 92 valence electrons. The molecule has 0 atom stereocenters. The van der Waals surface area contributed by atoms with Crippen molar-refractivity contribution < 1.29 is 14.7 Å². The van der Waals surface area contributed by atoms with Crippen molar-refractivity contribution in [2.45, 2.75) is 13.3 Å². The van der Waals surface area contributed by atoms with E-state index in [2.05, 4.69) is 9.97 Å². The quantitative estimate of drug-likeness (QED) is 0.636. The minimum atomic E-state index is -1.14. The summed E-state index contributed by atoms with van der Waals surface area (Å²) < 4.78 is 0. The van der Waals surface area contributed by atoms with Crippen LogP contribution in [0.4, 0.5) is 0 Å². The van der Waals surface area contributed by atoms with E-state index in [9.17, 15) is 9.59 Å². The molecule has 18 heavy (non-hydrogen) atoms. The summed E-state index contributed by atoms with van der Waals surface area (Å²) in [6, 6.07) is 5.06. The van der Waals surface area contributed by atoms with Gasteiger partial charge in [0.2, 0.25) is 0 Å². The number of hydrogen-bond donors (Lipinski definition) is 2. The van der Waals surface area contributed by atoms with Crippen LogP contribution in [0, 0.1) is 0 Å². The van der Waals surface area contributed by atoms with Crippen LogP contribution in [0.5, 0.6) is 0 Å². The average Bonchev–Trinajstić information content (AvgIpc) is 2.77. The molecule has 0 saturated carbocycles. The Hall–Kier alpha value is -2.43. The van der Waals surface area contributed by atoms with Crippen LogP contribution in [0.3, 0.4) is 0 Å². The normalized spacial score (nSPS) is 11.2. The van der Waals surface area contributed by atoms with E-state index in [1.54, 1.807) is 18.2 Å². The Morgan fingerprint density at radius 1 is 1.39 bits per heavy atom. The molecule has 1 heterocycles. The van der Waals surface area contributed by atoms with Crippen molar-refractivity contribution in [3.05, 3.63) is 41.7 Å². The lowest BCUT2D eigenvalue weighted by Gasteiger charge is -1.95. The maximum atomic E-state index is 11.7. The number of aromatic amines is 1. The van der Waals surface area contributed by atoms with E-state index in [4.69, 9.17) is 5.11 Å². The van der Waals surface area contributed by atoms with Crippen molar-refractivity contribution in [2.24, 2.45) is 0 Å². The number of hydrogen-bond acceptors (Lipinski definition) is 3. The second-order valence-electron chi connectivity index (χ2n) is 3.80. The number of aromatic nitrogens is 2. The highest BCUT2D eigenvalue weighted by Gasteiger charge is 2.06. The maximum absolute atomic E-state index is 11.7. The molecule has 0 aliphatic heterocycles. The number of allylic oxidation sites excluding steroid dienone is 1. The Morgan fingerprint density at radius 2 is 2.17 bits per heavy atom. The molecule has 0 fully saturated rings. The molecule has 1 aromatic heterocycles. The molecule has 2 aromatic rings. The predicted molar refractivity (Wildman–Crippen MR) is 66.6 cm³/mol. The zero-order chi connectivity index (χ0) is 13.1. The van der Waals surface area contributed by atoms with E-state index in [0.29, 0.717) is 5.56 Å². The summed E-state index contributed by atoms with van der Waals surface area (Å²) in [4.78, 5) is 29.4. The first kappa shape index (κ1) is 12.0. The number of carbonyl (C=O) groups is 2. The summed E-state index contributed by atoms with van der Waals surface area (Å²) in [6.07, 6.45) is 2.66. The van der Waals surface area contributed by atoms with E-state index in [0.717, 1.165) is 35.4 Å². The average molecular weight is 244 g/mol. The largest absolute Gasteiger partial charge is 0.478 e. The van der Waals surface area contributed by atoms with Gasteiger partial charge in [-0.1, -0.05) is 6.92 Å². The van der Waals surface area contributed by atoms with Gasteiger partial charge in [-0.2, -0.15) is 0 Å². The van der Waals surface area contributed by atoms with Gasteiger partial charge in [0.15, 0.2) is 5.78 Å². The van der Waals surface area contributed by atoms with Crippen LogP contribution in [-0.2, 0) is 11.2 Å². The first-order valence-electron chi connectivity index (χ1n) is 5.54. The number of aryl methyl sites for hydroxylation is 1. The Morgan fingerprint density at radius 3 is 2.83 bits per heavy atom. The van der Waals surface area contributed by atoms with Gasteiger partial charge in [-0.05, 0) is 24.3 Å². The van der Waals surface area contributed by atoms with Crippen molar-refractivity contribution in [1.82, 2.24) is 9.97 Å². The Balaban J connectivity index is 2.34. The van der Waals surface area contributed by atoms with E-state index in [-0.39, 0.29) is 5.78 Å². The Kier molecular flexibility index (Phi) is 3.23. The van der Waals surface area contributed by atoms with Gasteiger partial charge in [-0.15, -0.1) is 0 Å². The summed E-state index contributed by atoms with van der Waals surface area (Å²) in [6.45, 7) is 1.99. The number of benzene rings is 1. The molecule has 5 heteroatoms. The SMILES string of the molecule is CCc1nc2ccc(C(=O)/C=C/C(=O)O)cc2[nH]1. The fraction of sp³-hybridized carbons (Fsp3) is 0.154. The summed E-state index contributed by atoms with van der Waals surface area (Å²) >= 11 is 0. The second-order valence-corrected chi connectivity index (χ2v) is 3.80. The standard InChI is InChI=1S/C13H12N2O3/c1-2-12-14-9-4-3-8(7-10(9)15-12)11(16)5-6-13(17)18/h3-7H,2H2,1H3,(H,14,15)(H,17,18)/b6-5+. The molecule has 0 unspecified atom stereocenters. The van der Waals surface area contributed by atoms with E-state index >= 15 is 0 Å². The van der Waals surface area contributed by atoms with Gasteiger partial charge in [0, 0.05) is 18.1 Å². The van der Waals surface area contributed by atoms with Gasteiger partial charge in [-0.3, -0.25) is 4.79 Å². The van der Waals surface area contributed by atoms with Crippen molar-refractivity contribution in [2.75, 3.05) is 0 Å². The number of rotatable bonds is 4. The number of ketones is 1. The molecule has 0 amide bonds. The Bertz CT molecular complexity index is 641. The van der Waals surface area contributed by atoms with E-state index < -0.39 is 5.97 Å². The fourth-order valence-corrected chi connectivity index (χ4v) is 1.63. The monoisotopic (exact) mass is 244 g/mol. The number of nitrogens with one attached hydrogen (secondary N) is 1. The van der Waals surface area contributed by atoms with Crippen LogP contribution in [-0.4, -0.2) is 26.8 Å². The number of H-pyrrole nitrogens is 1. The van der Waals surface area contributed by atoms with E-state index in [1.807, 2.05) is 6.92 Å². The molecule has 2 N–H and O–H groups in total. The number of aliphatic carboxylic acids is 1. The van der Waals surface area contributed by atoms with Gasteiger partial charge in [-0.25, -0.2) is 9.78 Å². The number of carboxylic acid groups (broad SMARTS) is 1. The molecule has 0 bridgehead atoms. The molecule has 1 aromatic carbocycles. The zero-order valence-electron chi connectivity index (χ0n) is 9.80. The highest BCUT2D eigenvalue weighted by atomic mass is 16.4. The molecule has 0 spiro atoms. The van der Waals surface area contributed by atoms with Crippen LogP contribution in [0.1, 0.15) is 23.1 Å². The lowest BCUT2D eigenvalue weighted by molar-refractivity contribution is -0.131. The fourth-order valence-electron chi connectivity index (χ4n) is 1.63. The molecule has 5 nitrogen and oxygen atoms in total. The van der Waals surface area contributed by atoms with Gasteiger partial charge >= 0.3 is 5.97 Å². The lowest BCUT2D eigenvalue weighted by Crippen LogP contribution is -1.96. The summed E-state index contributed by atoms with van der Waals surface area (Å²) in [5, 5.41) is 8.46. The minimum absolute atomic E-state index is 0.341. The van der Waals surface area contributed by atoms with Crippen LogP contribution < -0.4 is 0 Å². The molecule has 0 aliphatic carbocycles.